The number of ether oxygens (including phenoxy) is 2. The van der Waals surface area contributed by atoms with Gasteiger partial charge in [-0.05, 0) is 19.4 Å². The minimum atomic E-state index is -0.944. The van der Waals surface area contributed by atoms with Crippen LogP contribution in [0.2, 0.25) is 0 Å². The van der Waals surface area contributed by atoms with Gasteiger partial charge in [0.25, 0.3) is 0 Å². The summed E-state index contributed by atoms with van der Waals surface area (Å²) in [6.45, 7) is 4.43. The molecule has 0 saturated carbocycles. The predicted molar refractivity (Wildman–Crippen MR) is 48.7 cm³/mol. The van der Waals surface area contributed by atoms with E-state index in [4.69, 9.17) is 14.6 Å². The van der Waals surface area contributed by atoms with Crippen LogP contribution in [0.25, 0.3) is 0 Å². The second kappa shape index (κ2) is 6.62. The molecule has 0 fully saturated rings. The van der Waals surface area contributed by atoms with Crippen LogP contribution in [-0.4, -0.2) is 37.5 Å². The summed E-state index contributed by atoms with van der Waals surface area (Å²) in [5, 5.41) is 8.40. The van der Waals surface area contributed by atoms with Crippen LogP contribution in [0.4, 0.5) is 0 Å². The molecule has 1 atom stereocenters. The first-order valence-electron chi connectivity index (χ1n) is 4.07. The van der Waals surface area contributed by atoms with E-state index < -0.39 is 5.97 Å². The average molecular weight is 188 g/mol. The topological polar surface area (TPSA) is 55.8 Å². The van der Waals surface area contributed by atoms with Crippen molar-refractivity contribution in [1.82, 2.24) is 0 Å². The highest BCUT2D eigenvalue weighted by Gasteiger charge is 2.01. The highest BCUT2D eigenvalue weighted by atomic mass is 16.5. The fraction of sp³-hybridized carbons (Fsp3) is 0.667. The second-order valence-electron chi connectivity index (χ2n) is 2.91. The van der Waals surface area contributed by atoms with Gasteiger partial charge in [0.15, 0.2) is 0 Å². The number of carboxylic acid groups (broad SMARTS) is 1. The Labute approximate surface area is 78.2 Å². The first-order chi connectivity index (χ1) is 6.06. The molecule has 0 heterocycles. The lowest BCUT2D eigenvalue weighted by atomic mass is 10.3. The molecule has 0 saturated heterocycles. The van der Waals surface area contributed by atoms with Crippen LogP contribution in [0.5, 0.6) is 0 Å². The second-order valence-corrected chi connectivity index (χ2v) is 2.91. The molecule has 0 bridgehead atoms. The molecule has 0 aliphatic rings. The van der Waals surface area contributed by atoms with E-state index in [1.165, 1.54) is 0 Å². The van der Waals surface area contributed by atoms with E-state index in [1.807, 2.05) is 6.92 Å². The normalized spacial score (nSPS) is 14.2. The summed E-state index contributed by atoms with van der Waals surface area (Å²) in [6, 6.07) is 0. The lowest BCUT2D eigenvalue weighted by Crippen LogP contribution is -2.16. The minimum Gasteiger partial charge on any atom is -0.478 e. The third-order valence-corrected chi connectivity index (χ3v) is 1.37. The molecular formula is C9H16O4. The van der Waals surface area contributed by atoms with Gasteiger partial charge in [0, 0.05) is 13.2 Å². The molecule has 0 amide bonds. The third-order valence-electron chi connectivity index (χ3n) is 1.37. The largest absolute Gasteiger partial charge is 0.478 e. The van der Waals surface area contributed by atoms with E-state index >= 15 is 0 Å². The van der Waals surface area contributed by atoms with Gasteiger partial charge in [-0.25, -0.2) is 4.79 Å². The molecule has 0 aromatic carbocycles. The monoisotopic (exact) mass is 188 g/mol. The van der Waals surface area contributed by atoms with Gasteiger partial charge in [-0.3, -0.25) is 0 Å². The summed E-state index contributed by atoms with van der Waals surface area (Å²) in [5.74, 6) is -0.944. The summed E-state index contributed by atoms with van der Waals surface area (Å²) in [6.07, 6.45) is 1.13. The zero-order valence-electron chi connectivity index (χ0n) is 8.24. The van der Waals surface area contributed by atoms with Crippen LogP contribution in [0.1, 0.15) is 13.8 Å². The maximum atomic E-state index is 10.2. The van der Waals surface area contributed by atoms with E-state index in [2.05, 4.69) is 0 Å². The Bertz CT molecular complexity index is 186. The van der Waals surface area contributed by atoms with Crippen molar-refractivity contribution < 1.29 is 19.4 Å². The van der Waals surface area contributed by atoms with Gasteiger partial charge < -0.3 is 14.6 Å². The smallest absolute Gasteiger partial charge is 0.328 e. The molecule has 0 aromatic heterocycles. The number of hydrogen-bond acceptors (Lipinski definition) is 3. The van der Waals surface area contributed by atoms with Gasteiger partial charge in [0.2, 0.25) is 0 Å². The van der Waals surface area contributed by atoms with Gasteiger partial charge >= 0.3 is 5.97 Å². The van der Waals surface area contributed by atoms with E-state index in [9.17, 15) is 4.79 Å². The summed E-state index contributed by atoms with van der Waals surface area (Å²) >= 11 is 0. The van der Waals surface area contributed by atoms with Gasteiger partial charge in [-0.2, -0.15) is 0 Å². The lowest BCUT2D eigenvalue weighted by Gasteiger charge is -2.11. The van der Waals surface area contributed by atoms with Crippen LogP contribution in [0.3, 0.4) is 0 Å². The van der Waals surface area contributed by atoms with Crippen molar-refractivity contribution in [1.29, 1.82) is 0 Å². The van der Waals surface area contributed by atoms with Gasteiger partial charge in [-0.15, -0.1) is 0 Å². The first kappa shape index (κ1) is 12.1. The van der Waals surface area contributed by atoms with E-state index in [1.54, 1.807) is 14.0 Å². The Morgan fingerprint density at radius 2 is 2.23 bits per heavy atom. The maximum absolute atomic E-state index is 10.2. The molecule has 1 unspecified atom stereocenters. The Kier molecular flexibility index (Phi) is 6.18. The number of carboxylic acids is 1. The van der Waals surface area contributed by atoms with Crippen molar-refractivity contribution in [3.63, 3.8) is 0 Å². The van der Waals surface area contributed by atoms with Crippen LogP contribution in [0.15, 0.2) is 11.6 Å². The van der Waals surface area contributed by atoms with E-state index in [-0.39, 0.29) is 6.10 Å². The molecule has 4 heteroatoms. The van der Waals surface area contributed by atoms with Crippen molar-refractivity contribution in [3.8, 4) is 0 Å². The Balaban J connectivity index is 3.69. The quantitative estimate of drug-likeness (QED) is 0.633. The van der Waals surface area contributed by atoms with Crippen molar-refractivity contribution >= 4 is 5.97 Å². The zero-order chi connectivity index (χ0) is 10.3. The standard InChI is InChI=1S/C9H16O4/c1-7(4-9(10)11)5-13-8(2)6-12-3/h4,8H,5-6H2,1-3H3,(H,10,11). The van der Waals surface area contributed by atoms with Crippen molar-refractivity contribution in [2.75, 3.05) is 20.3 Å². The molecule has 0 spiro atoms. The highest BCUT2D eigenvalue weighted by molar-refractivity contribution is 5.80. The fourth-order valence-corrected chi connectivity index (χ4v) is 0.809. The van der Waals surface area contributed by atoms with Gasteiger partial charge in [-0.1, -0.05) is 0 Å². The average Bonchev–Trinajstić information content (AvgIpc) is 2.00. The Morgan fingerprint density at radius 1 is 1.62 bits per heavy atom. The Hall–Kier alpha value is -0.870. The SMILES string of the molecule is COCC(C)OCC(C)=CC(=O)O. The number of methoxy groups -OCH3 is 1. The minimum absolute atomic E-state index is 0.0119. The van der Waals surface area contributed by atoms with Crippen LogP contribution in [0, 0.1) is 0 Å². The van der Waals surface area contributed by atoms with Gasteiger partial charge in [0.05, 0.1) is 19.3 Å². The molecule has 1 N–H and O–H groups in total. The molecule has 0 aliphatic heterocycles. The van der Waals surface area contributed by atoms with Crippen molar-refractivity contribution in [2.24, 2.45) is 0 Å². The number of aliphatic carboxylic acids is 1. The number of hydrogen-bond donors (Lipinski definition) is 1. The number of rotatable bonds is 6. The lowest BCUT2D eigenvalue weighted by molar-refractivity contribution is -0.131. The fourth-order valence-electron chi connectivity index (χ4n) is 0.809. The van der Waals surface area contributed by atoms with Crippen LogP contribution in [-0.2, 0) is 14.3 Å². The molecule has 0 radical (unpaired) electrons. The Morgan fingerprint density at radius 3 is 2.69 bits per heavy atom. The summed E-state index contributed by atoms with van der Waals surface area (Å²) in [5.41, 5.74) is 0.690. The molecule has 0 rings (SSSR count). The van der Waals surface area contributed by atoms with Crippen molar-refractivity contribution in [2.45, 2.75) is 20.0 Å². The third kappa shape index (κ3) is 7.49. The summed E-state index contributed by atoms with van der Waals surface area (Å²) in [7, 11) is 1.60. The molecule has 0 aliphatic carbocycles. The molecule has 76 valence electrons. The molecule has 4 nitrogen and oxygen atoms in total. The van der Waals surface area contributed by atoms with Crippen molar-refractivity contribution in [3.05, 3.63) is 11.6 Å². The first-order valence-corrected chi connectivity index (χ1v) is 4.07. The van der Waals surface area contributed by atoms with Gasteiger partial charge in [0.1, 0.15) is 0 Å². The summed E-state index contributed by atoms with van der Waals surface area (Å²) < 4.78 is 10.1. The number of carbonyl (C=O) groups is 1. The predicted octanol–water partition coefficient (Wildman–Crippen LogP) is 1.07. The van der Waals surface area contributed by atoms with E-state index in [0.717, 1.165) is 6.08 Å². The van der Waals surface area contributed by atoms with Crippen LogP contribution >= 0.6 is 0 Å². The molecule has 0 aromatic rings. The highest BCUT2D eigenvalue weighted by Crippen LogP contribution is 1.98. The zero-order valence-corrected chi connectivity index (χ0v) is 8.24. The molecule has 13 heavy (non-hydrogen) atoms. The molecular weight excluding hydrogens is 172 g/mol. The maximum Gasteiger partial charge on any atom is 0.328 e. The van der Waals surface area contributed by atoms with E-state index in [0.29, 0.717) is 18.8 Å². The summed E-state index contributed by atoms with van der Waals surface area (Å²) in [4.78, 5) is 10.2. The van der Waals surface area contributed by atoms with Crippen LogP contribution < -0.4 is 0 Å².